The molecular weight excluding hydrogens is 212 g/mol. The predicted molar refractivity (Wildman–Crippen MR) is 54.2 cm³/mol. The number of aromatic carboxylic acids is 1. The second-order valence-electron chi connectivity index (χ2n) is 3.97. The zero-order valence-corrected chi connectivity index (χ0v) is 8.81. The topological polar surface area (TPSA) is 79.9 Å². The van der Waals surface area contributed by atoms with Gasteiger partial charge in [-0.25, -0.2) is 4.79 Å². The Balaban J connectivity index is 2.33. The fraction of sp³-hybridized carbons (Fsp3) is 0.545. The highest BCUT2D eigenvalue weighted by atomic mass is 16.5. The molecule has 1 aliphatic rings. The fourth-order valence-electron chi connectivity index (χ4n) is 2.00. The van der Waals surface area contributed by atoms with E-state index >= 15 is 0 Å². The molecule has 0 aliphatic carbocycles. The van der Waals surface area contributed by atoms with Crippen LogP contribution < -0.4 is 0 Å². The third-order valence-electron chi connectivity index (χ3n) is 2.86. The van der Waals surface area contributed by atoms with Crippen LogP contribution in [0.5, 0.6) is 0 Å². The van der Waals surface area contributed by atoms with Crippen LogP contribution >= 0.6 is 0 Å². The molecule has 0 saturated carbocycles. The number of rotatable bonds is 2. The third-order valence-corrected chi connectivity index (χ3v) is 2.86. The van der Waals surface area contributed by atoms with Crippen molar-refractivity contribution in [2.24, 2.45) is 0 Å². The molecule has 0 bridgehead atoms. The van der Waals surface area contributed by atoms with Gasteiger partial charge in [0.1, 0.15) is 16.9 Å². The summed E-state index contributed by atoms with van der Waals surface area (Å²) in [6.07, 6.45) is 2.81. The van der Waals surface area contributed by atoms with Crippen molar-refractivity contribution in [3.8, 4) is 0 Å². The van der Waals surface area contributed by atoms with Gasteiger partial charge in [-0.05, 0) is 18.9 Å². The van der Waals surface area contributed by atoms with E-state index in [0.29, 0.717) is 32.5 Å². The van der Waals surface area contributed by atoms with Gasteiger partial charge in [-0.2, -0.15) is 0 Å². The maximum absolute atomic E-state index is 11.0. The van der Waals surface area contributed by atoms with Crippen molar-refractivity contribution in [2.45, 2.75) is 24.9 Å². The quantitative estimate of drug-likeness (QED) is 0.796. The molecule has 1 saturated heterocycles. The van der Waals surface area contributed by atoms with Gasteiger partial charge in [-0.15, -0.1) is 0 Å². The van der Waals surface area contributed by atoms with Crippen LogP contribution in [0.15, 0.2) is 16.7 Å². The Morgan fingerprint density at radius 2 is 2.19 bits per heavy atom. The maximum Gasteiger partial charge on any atom is 0.339 e. The van der Waals surface area contributed by atoms with Crippen LogP contribution in [-0.2, 0) is 10.3 Å². The summed E-state index contributed by atoms with van der Waals surface area (Å²) in [7, 11) is 0. The smallest absolute Gasteiger partial charge is 0.339 e. The molecule has 0 aromatic carbocycles. The molecule has 1 aromatic heterocycles. The van der Waals surface area contributed by atoms with E-state index in [4.69, 9.17) is 14.3 Å². The molecule has 2 rings (SSSR count). The SMILES string of the molecule is O=C(O)c1ccoc1C1(O)CCCOCC1. The number of hydrogen-bond donors (Lipinski definition) is 2. The van der Waals surface area contributed by atoms with Gasteiger partial charge in [0.15, 0.2) is 0 Å². The van der Waals surface area contributed by atoms with E-state index in [1.165, 1.54) is 12.3 Å². The fourth-order valence-corrected chi connectivity index (χ4v) is 2.00. The summed E-state index contributed by atoms with van der Waals surface area (Å²) in [6, 6.07) is 1.36. The molecule has 2 heterocycles. The predicted octanol–water partition coefficient (Wildman–Crippen LogP) is 1.37. The van der Waals surface area contributed by atoms with Crippen LogP contribution in [0.3, 0.4) is 0 Å². The summed E-state index contributed by atoms with van der Waals surface area (Å²) in [5.74, 6) is -0.937. The Kier molecular flexibility index (Phi) is 2.98. The minimum atomic E-state index is -1.21. The summed E-state index contributed by atoms with van der Waals surface area (Å²) in [5, 5.41) is 19.4. The molecule has 16 heavy (non-hydrogen) atoms. The molecule has 0 radical (unpaired) electrons. The first-order valence-corrected chi connectivity index (χ1v) is 5.25. The van der Waals surface area contributed by atoms with E-state index in [0.717, 1.165) is 0 Å². The van der Waals surface area contributed by atoms with Gasteiger partial charge in [0.05, 0.1) is 6.26 Å². The molecule has 1 unspecified atom stereocenters. The van der Waals surface area contributed by atoms with Gasteiger partial charge < -0.3 is 19.4 Å². The van der Waals surface area contributed by atoms with E-state index in [9.17, 15) is 9.90 Å². The molecule has 88 valence electrons. The van der Waals surface area contributed by atoms with Crippen molar-refractivity contribution in [3.63, 3.8) is 0 Å². The average Bonchev–Trinajstić information content (AvgIpc) is 2.64. The molecule has 1 atom stereocenters. The van der Waals surface area contributed by atoms with Gasteiger partial charge in [-0.3, -0.25) is 0 Å². The Bertz CT molecular complexity index is 373. The molecule has 5 nitrogen and oxygen atoms in total. The molecule has 1 aliphatic heterocycles. The lowest BCUT2D eigenvalue weighted by molar-refractivity contribution is -0.00661. The summed E-state index contributed by atoms with van der Waals surface area (Å²) in [5.41, 5.74) is -1.18. The lowest BCUT2D eigenvalue weighted by Gasteiger charge is -2.24. The van der Waals surface area contributed by atoms with Crippen molar-refractivity contribution in [3.05, 3.63) is 23.7 Å². The van der Waals surface area contributed by atoms with Crippen molar-refractivity contribution in [1.29, 1.82) is 0 Å². The van der Waals surface area contributed by atoms with Crippen molar-refractivity contribution in [2.75, 3.05) is 13.2 Å². The van der Waals surface area contributed by atoms with Gasteiger partial charge in [-0.1, -0.05) is 0 Å². The maximum atomic E-state index is 11.0. The highest BCUT2D eigenvalue weighted by Crippen LogP contribution is 2.34. The first kappa shape index (κ1) is 11.2. The number of furan rings is 1. The number of carboxylic acids is 1. The monoisotopic (exact) mass is 226 g/mol. The highest BCUT2D eigenvalue weighted by molar-refractivity contribution is 5.89. The van der Waals surface area contributed by atoms with Crippen LogP contribution in [0, 0.1) is 0 Å². The Hall–Kier alpha value is -1.33. The largest absolute Gasteiger partial charge is 0.478 e. The minimum absolute atomic E-state index is 0.0319. The van der Waals surface area contributed by atoms with Gasteiger partial charge in [0, 0.05) is 19.6 Å². The lowest BCUT2D eigenvalue weighted by atomic mass is 9.90. The molecule has 0 spiro atoms. The van der Waals surface area contributed by atoms with Crippen LogP contribution in [-0.4, -0.2) is 29.4 Å². The van der Waals surface area contributed by atoms with Crippen LogP contribution in [0.2, 0.25) is 0 Å². The number of hydrogen-bond acceptors (Lipinski definition) is 4. The summed E-state index contributed by atoms with van der Waals surface area (Å²) >= 11 is 0. The van der Waals surface area contributed by atoms with Crippen LogP contribution in [0.25, 0.3) is 0 Å². The standard InChI is InChI=1S/C11H14O5/c12-10(13)8-2-6-16-9(8)11(14)3-1-5-15-7-4-11/h2,6,14H,1,3-5,7H2,(H,12,13). The zero-order chi connectivity index (χ0) is 11.6. The number of aliphatic hydroxyl groups is 1. The number of carboxylic acid groups (broad SMARTS) is 1. The number of carbonyl (C=O) groups is 1. The highest BCUT2D eigenvalue weighted by Gasteiger charge is 2.37. The van der Waals surface area contributed by atoms with E-state index in [2.05, 4.69) is 0 Å². The van der Waals surface area contributed by atoms with E-state index < -0.39 is 11.6 Å². The Labute approximate surface area is 92.6 Å². The molecule has 0 amide bonds. The molecule has 2 N–H and O–H groups in total. The van der Waals surface area contributed by atoms with Crippen molar-refractivity contribution < 1.29 is 24.2 Å². The molecule has 1 aromatic rings. The van der Waals surface area contributed by atoms with E-state index in [1.807, 2.05) is 0 Å². The second kappa shape index (κ2) is 4.27. The van der Waals surface area contributed by atoms with Crippen LogP contribution in [0.1, 0.15) is 35.4 Å². The van der Waals surface area contributed by atoms with E-state index in [-0.39, 0.29) is 11.3 Å². The molecular formula is C11H14O5. The summed E-state index contributed by atoms with van der Waals surface area (Å²) in [6.45, 7) is 1.00. The van der Waals surface area contributed by atoms with Gasteiger partial charge in [0.2, 0.25) is 0 Å². The summed E-state index contributed by atoms with van der Waals surface area (Å²) in [4.78, 5) is 11.0. The lowest BCUT2D eigenvalue weighted by Crippen LogP contribution is -2.27. The van der Waals surface area contributed by atoms with E-state index in [1.54, 1.807) is 0 Å². The summed E-state index contributed by atoms with van der Waals surface area (Å²) < 4.78 is 10.4. The molecule has 1 fully saturated rings. The second-order valence-corrected chi connectivity index (χ2v) is 3.97. The first-order chi connectivity index (χ1) is 7.63. The average molecular weight is 226 g/mol. The Morgan fingerprint density at radius 3 is 2.94 bits per heavy atom. The first-order valence-electron chi connectivity index (χ1n) is 5.25. The van der Waals surface area contributed by atoms with Crippen molar-refractivity contribution in [1.82, 2.24) is 0 Å². The Morgan fingerprint density at radius 1 is 1.38 bits per heavy atom. The van der Waals surface area contributed by atoms with Gasteiger partial charge in [0.25, 0.3) is 0 Å². The minimum Gasteiger partial charge on any atom is -0.478 e. The third kappa shape index (κ3) is 1.96. The van der Waals surface area contributed by atoms with Gasteiger partial charge >= 0.3 is 5.97 Å². The zero-order valence-electron chi connectivity index (χ0n) is 8.81. The number of ether oxygens (including phenoxy) is 1. The normalized spacial score (nSPS) is 26.3. The van der Waals surface area contributed by atoms with Crippen LogP contribution in [0.4, 0.5) is 0 Å². The van der Waals surface area contributed by atoms with Crippen molar-refractivity contribution >= 4 is 5.97 Å². The molecule has 5 heteroatoms.